The molecular formula is C9H4BrF3N2O. The third kappa shape index (κ3) is 2.08. The van der Waals surface area contributed by atoms with Crippen molar-refractivity contribution < 1.29 is 17.7 Å². The van der Waals surface area contributed by atoms with Gasteiger partial charge in [0.2, 0.25) is 12.2 Å². The van der Waals surface area contributed by atoms with Crippen LogP contribution in [-0.4, -0.2) is 10.1 Å². The fourth-order valence-corrected chi connectivity index (χ4v) is 1.72. The number of halogens is 4. The molecule has 0 amide bonds. The summed E-state index contributed by atoms with van der Waals surface area (Å²) in [7, 11) is 0. The van der Waals surface area contributed by atoms with Crippen LogP contribution in [0.4, 0.5) is 13.2 Å². The van der Waals surface area contributed by atoms with Gasteiger partial charge in [-0.3, -0.25) is 0 Å². The van der Waals surface area contributed by atoms with Gasteiger partial charge in [-0.2, -0.15) is 18.2 Å². The van der Waals surface area contributed by atoms with Crippen LogP contribution in [0.3, 0.4) is 0 Å². The molecule has 1 aromatic heterocycles. The van der Waals surface area contributed by atoms with Crippen LogP contribution in [0, 0.1) is 0 Å². The molecule has 0 N–H and O–H groups in total. The van der Waals surface area contributed by atoms with Crippen molar-refractivity contribution >= 4 is 15.9 Å². The highest BCUT2D eigenvalue weighted by molar-refractivity contribution is 9.10. The molecule has 0 aliphatic heterocycles. The van der Waals surface area contributed by atoms with Crippen molar-refractivity contribution in [2.45, 2.75) is 6.18 Å². The van der Waals surface area contributed by atoms with Gasteiger partial charge >= 0.3 is 6.18 Å². The molecule has 16 heavy (non-hydrogen) atoms. The van der Waals surface area contributed by atoms with Crippen molar-refractivity contribution in [2.24, 2.45) is 0 Å². The highest BCUT2D eigenvalue weighted by Gasteiger charge is 2.31. The molecule has 0 saturated carbocycles. The summed E-state index contributed by atoms with van der Waals surface area (Å²) in [6, 6.07) is 3.24. The quantitative estimate of drug-likeness (QED) is 0.807. The molecule has 1 aromatic carbocycles. The van der Waals surface area contributed by atoms with Gasteiger partial charge in [-0.15, -0.1) is 0 Å². The topological polar surface area (TPSA) is 38.9 Å². The standard InChI is InChI=1S/C9H4BrF3N2O/c10-7-3-5(9(11,12)13)1-2-6(7)8-14-4-16-15-8/h1-4H. The molecule has 0 saturated heterocycles. The van der Waals surface area contributed by atoms with Crippen LogP contribution in [0.15, 0.2) is 33.6 Å². The van der Waals surface area contributed by atoms with Crippen LogP contribution >= 0.6 is 15.9 Å². The fraction of sp³-hybridized carbons (Fsp3) is 0.111. The molecule has 2 rings (SSSR count). The average molecular weight is 293 g/mol. The molecular weight excluding hydrogens is 289 g/mol. The largest absolute Gasteiger partial charge is 0.416 e. The molecule has 0 spiro atoms. The van der Waals surface area contributed by atoms with E-state index in [-0.39, 0.29) is 10.3 Å². The van der Waals surface area contributed by atoms with E-state index in [2.05, 4.69) is 30.6 Å². The Balaban J connectivity index is 2.46. The summed E-state index contributed by atoms with van der Waals surface area (Å²) in [6.07, 6.45) is -3.25. The van der Waals surface area contributed by atoms with Gasteiger partial charge in [0.1, 0.15) is 0 Å². The second-order valence-corrected chi connectivity index (χ2v) is 3.80. The van der Waals surface area contributed by atoms with Crippen molar-refractivity contribution in [1.82, 2.24) is 10.1 Å². The van der Waals surface area contributed by atoms with Gasteiger partial charge in [-0.25, -0.2) is 0 Å². The minimum atomic E-state index is -4.36. The Hall–Kier alpha value is -1.37. The number of aromatic nitrogens is 2. The first-order valence-electron chi connectivity index (χ1n) is 4.12. The molecule has 0 fully saturated rings. The van der Waals surface area contributed by atoms with Crippen LogP contribution in [-0.2, 0) is 6.18 Å². The smallest absolute Gasteiger partial charge is 0.342 e. The van der Waals surface area contributed by atoms with Gasteiger partial charge in [-0.1, -0.05) is 21.1 Å². The van der Waals surface area contributed by atoms with Gasteiger partial charge in [0.05, 0.1) is 5.56 Å². The van der Waals surface area contributed by atoms with Crippen molar-refractivity contribution in [3.8, 4) is 11.4 Å². The van der Waals surface area contributed by atoms with Crippen LogP contribution in [0.2, 0.25) is 0 Å². The van der Waals surface area contributed by atoms with E-state index in [1.54, 1.807) is 0 Å². The zero-order valence-electron chi connectivity index (χ0n) is 7.62. The summed E-state index contributed by atoms with van der Waals surface area (Å²) in [5, 5.41) is 3.54. The first-order valence-corrected chi connectivity index (χ1v) is 4.91. The summed E-state index contributed by atoms with van der Waals surface area (Å²) >= 11 is 3.04. The summed E-state index contributed by atoms with van der Waals surface area (Å²) in [4.78, 5) is 3.75. The SMILES string of the molecule is FC(F)(F)c1ccc(-c2ncon2)c(Br)c1. The first kappa shape index (κ1) is 11.1. The first-order chi connectivity index (χ1) is 7.48. The molecule has 2 aromatic rings. The maximum Gasteiger partial charge on any atom is 0.416 e. The average Bonchev–Trinajstić information content (AvgIpc) is 2.69. The second-order valence-electron chi connectivity index (χ2n) is 2.95. The highest BCUT2D eigenvalue weighted by atomic mass is 79.9. The van der Waals surface area contributed by atoms with Crippen LogP contribution in [0.25, 0.3) is 11.4 Å². The number of hydrogen-bond donors (Lipinski definition) is 0. The van der Waals surface area contributed by atoms with E-state index in [0.717, 1.165) is 18.5 Å². The summed E-state index contributed by atoms with van der Waals surface area (Å²) < 4.78 is 41.9. The summed E-state index contributed by atoms with van der Waals surface area (Å²) in [5.74, 6) is 0.237. The molecule has 0 unspecified atom stereocenters. The Bertz CT molecular complexity index is 496. The Morgan fingerprint density at radius 3 is 2.50 bits per heavy atom. The molecule has 0 radical (unpaired) electrons. The van der Waals surface area contributed by atoms with E-state index in [0.29, 0.717) is 5.56 Å². The molecule has 7 heteroatoms. The van der Waals surface area contributed by atoms with E-state index >= 15 is 0 Å². The zero-order chi connectivity index (χ0) is 11.8. The van der Waals surface area contributed by atoms with Crippen molar-refractivity contribution in [1.29, 1.82) is 0 Å². The third-order valence-corrected chi connectivity index (χ3v) is 2.55. The second kappa shape index (κ2) is 3.89. The number of benzene rings is 1. The van der Waals surface area contributed by atoms with Gasteiger partial charge < -0.3 is 4.52 Å². The predicted octanol–water partition coefficient (Wildman–Crippen LogP) is 3.52. The summed E-state index contributed by atoms with van der Waals surface area (Å²) in [6.45, 7) is 0. The normalized spacial score (nSPS) is 11.8. The van der Waals surface area contributed by atoms with E-state index in [9.17, 15) is 13.2 Å². The minimum Gasteiger partial charge on any atom is -0.342 e. The Morgan fingerprint density at radius 2 is 2.00 bits per heavy atom. The fourth-order valence-electron chi connectivity index (χ4n) is 1.16. The number of nitrogens with zero attached hydrogens (tertiary/aromatic N) is 2. The lowest BCUT2D eigenvalue weighted by Gasteiger charge is -2.08. The van der Waals surface area contributed by atoms with E-state index < -0.39 is 11.7 Å². The van der Waals surface area contributed by atoms with Crippen LogP contribution in [0.1, 0.15) is 5.56 Å². The Labute approximate surface area is 96.4 Å². The lowest BCUT2D eigenvalue weighted by Crippen LogP contribution is -2.04. The number of hydrogen-bond acceptors (Lipinski definition) is 3. The monoisotopic (exact) mass is 292 g/mol. The van der Waals surface area contributed by atoms with E-state index in [1.807, 2.05) is 0 Å². The zero-order valence-corrected chi connectivity index (χ0v) is 9.21. The lowest BCUT2D eigenvalue weighted by atomic mass is 10.1. The predicted molar refractivity (Wildman–Crippen MR) is 52.4 cm³/mol. The summed E-state index contributed by atoms with van der Waals surface area (Å²) in [5.41, 5.74) is -0.284. The van der Waals surface area contributed by atoms with Gasteiger partial charge in [-0.05, 0) is 18.2 Å². The van der Waals surface area contributed by atoms with Crippen molar-refractivity contribution in [3.05, 3.63) is 34.6 Å². The molecule has 0 atom stereocenters. The molecule has 0 aliphatic rings. The highest BCUT2D eigenvalue weighted by Crippen LogP contribution is 2.34. The number of alkyl halides is 3. The maximum atomic E-state index is 12.4. The molecule has 0 bridgehead atoms. The number of rotatable bonds is 1. The Kier molecular flexibility index (Phi) is 2.71. The van der Waals surface area contributed by atoms with Gasteiger partial charge in [0, 0.05) is 10.0 Å². The molecule has 3 nitrogen and oxygen atoms in total. The molecule has 84 valence electrons. The van der Waals surface area contributed by atoms with Gasteiger partial charge in [0.15, 0.2) is 0 Å². The lowest BCUT2D eigenvalue weighted by molar-refractivity contribution is -0.137. The van der Waals surface area contributed by atoms with Crippen molar-refractivity contribution in [3.63, 3.8) is 0 Å². The van der Waals surface area contributed by atoms with Crippen LogP contribution < -0.4 is 0 Å². The van der Waals surface area contributed by atoms with E-state index in [1.165, 1.54) is 6.07 Å². The minimum absolute atomic E-state index is 0.237. The Morgan fingerprint density at radius 1 is 1.25 bits per heavy atom. The third-order valence-electron chi connectivity index (χ3n) is 1.90. The van der Waals surface area contributed by atoms with E-state index in [4.69, 9.17) is 0 Å². The molecule has 1 heterocycles. The van der Waals surface area contributed by atoms with Crippen LogP contribution in [0.5, 0.6) is 0 Å². The maximum absolute atomic E-state index is 12.4. The van der Waals surface area contributed by atoms with Crippen molar-refractivity contribution in [2.75, 3.05) is 0 Å². The molecule has 0 aliphatic carbocycles. The van der Waals surface area contributed by atoms with Gasteiger partial charge in [0.25, 0.3) is 0 Å².